The minimum atomic E-state index is -0.0208. The van der Waals surface area contributed by atoms with E-state index in [-0.39, 0.29) is 18.3 Å². The van der Waals surface area contributed by atoms with Crippen LogP contribution >= 0.6 is 0 Å². The summed E-state index contributed by atoms with van der Waals surface area (Å²) in [5.41, 5.74) is 0. The predicted octanol–water partition coefficient (Wildman–Crippen LogP) is 0.768. The van der Waals surface area contributed by atoms with Crippen molar-refractivity contribution in [3.63, 3.8) is 0 Å². The number of aldehydes is 1. The van der Waals surface area contributed by atoms with E-state index in [2.05, 4.69) is 0 Å². The molecular formula is C8H14O3. The van der Waals surface area contributed by atoms with Crippen LogP contribution in [0.1, 0.15) is 19.8 Å². The predicted molar refractivity (Wildman–Crippen MR) is 40.4 cm³/mol. The van der Waals surface area contributed by atoms with E-state index < -0.39 is 0 Å². The van der Waals surface area contributed by atoms with Crippen molar-refractivity contribution in [1.29, 1.82) is 0 Å². The third-order valence-electron chi connectivity index (χ3n) is 2.02. The molecule has 0 radical (unpaired) electrons. The Balaban J connectivity index is 2.43. The molecule has 0 aromatic heterocycles. The lowest BCUT2D eigenvalue weighted by molar-refractivity contribution is -0.111. The van der Waals surface area contributed by atoms with E-state index in [1.165, 1.54) is 0 Å². The van der Waals surface area contributed by atoms with Crippen molar-refractivity contribution in [2.24, 2.45) is 0 Å². The van der Waals surface area contributed by atoms with Crippen LogP contribution < -0.4 is 0 Å². The topological polar surface area (TPSA) is 35.5 Å². The van der Waals surface area contributed by atoms with Crippen LogP contribution in [0.4, 0.5) is 0 Å². The summed E-state index contributed by atoms with van der Waals surface area (Å²) >= 11 is 0. The lowest BCUT2D eigenvalue weighted by Gasteiger charge is -2.13. The van der Waals surface area contributed by atoms with Gasteiger partial charge in [0.05, 0.1) is 18.3 Å². The highest BCUT2D eigenvalue weighted by molar-refractivity contribution is 5.50. The second-order valence-electron chi connectivity index (χ2n) is 2.90. The van der Waals surface area contributed by atoms with Crippen molar-refractivity contribution < 1.29 is 14.3 Å². The Bertz CT molecular complexity index is 135. The molecule has 0 bridgehead atoms. The molecule has 1 heterocycles. The van der Waals surface area contributed by atoms with Crippen LogP contribution in [0.3, 0.4) is 0 Å². The summed E-state index contributed by atoms with van der Waals surface area (Å²) in [6, 6.07) is 0. The standard InChI is InChI=1S/C8H14O3/c1-6-5-8(10-2)7(11-6)3-4-9/h4,6-8H,3,5H2,1-2H3/t6-,7?,8+/m0/s1. The molecule has 0 aliphatic carbocycles. The van der Waals surface area contributed by atoms with Crippen LogP contribution in [-0.4, -0.2) is 31.7 Å². The van der Waals surface area contributed by atoms with Gasteiger partial charge >= 0.3 is 0 Å². The Kier molecular flexibility index (Phi) is 3.02. The molecule has 0 amide bonds. The average molecular weight is 158 g/mol. The molecule has 1 aliphatic rings. The minimum Gasteiger partial charge on any atom is -0.379 e. The minimum absolute atomic E-state index is 0.0208. The number of methoxy groups -OCH3 is 1. The van der Waals surface area contributed by atoms with E-state index in [0.29, 0.717) is 6.42 Å². The van der Waals surface area contributed by atoms with E-state index in [1.54, 1.807) is 7.11 Å². The van der Waals surface area contributed by atoms with Crippen molar-refractivity contribution in [3.05, 3.63) is 0 Å². The van der Waals surface area contributed by atoms with Gasteiger partial charge in [-0.05, 0) is 6.92 Å². The molecule has 3 heteroatoms. The number of hydrogen-bond donors (Lipinski definition) is 0. The quantitative estimate of drug-likeness (QED) is 0.569. The lowest BCUT2D eigenvalue weighted by Crippen LogP contribution is -2.23. The van der Waals surface area contributed by atoms with E-state index in [9.17, 15) is 4.79 Å². The second kappa shape index (κ2) is 3.83. The number of rotatable bonds is 3. The van der Waals surface area contributed by atoms with Gasteiger partial charge in [-0.3, -0.25) is 0 Å². The maximum Gasteiger partial charge on any atom is 0.122 e. The largest absolute Gasteiger partial charge is 0.379 e. The van der Waals surface area contributed by atoms with Crippen LogP contribution in [0, 0.1) is 0 Å². The molecule has 3 atom stereocenters. The first-order valence-corrected chi connectivity index (χ1v) is 3.89. The smallest absolute Gasteiger partial charge is 0.122 e. The normalized spacial score (nSPS) is 37.5. The maximum atomic E-state index is 10.2. The first-order chi connectivity index (χ1) is 5.27. The molecule has 64 valence electrons. The Morgan fingerprint density at radius 1 is 1.73 bits per heavy atom. The van der Waals surface area contributed by atoms with Gasteiger partial charge in [-0.1, -0.05) is 0 Å². The molecule has 1 rings (SSSR count). The Morgan fingerprint density at radius 3 is 3.00 bits per heavy atom. The van der Waals surface area contributed by atoms with Gasteiger partial charge in [0.1, 0.15) is 6.29 Å². The third-order valence-corrected chi connectivity index (χ3v) is 2.02. The van der Waals surface area contributed by atoms with Crippen LogP contribution in [-0.2, 0) is 14.3 Å². The fourth-order valence-electron chi connectivity index (χ4n) is 1.47. The number of carbonyl (C=O) groups excluding carboxylic acids is 1. The summed E-state index contributed by atoms with van der Waals surface area (Å²) in [5, 5.41) is 0. The molecule has 0 spiro atoms. The Labute approximate surface area is 66.7 Å². The summed E-state index contributed by atoms with van der Waals surface area (Å²) in [4.78, 5) is 10.2. The first kappa shape index (κ1) is 8.68. The maximum absolute atomic E-state index is 10.2. The molecule has 3 nitrogen and oxygen atoms in total. The SMILES string of the molecule is CO[C@@H]1C[C@H](C)OC1CC=O. The summed E-state index contributed by atoms with van der Waals surface area (Å²) in [7, 11) is 1.66. The van der Waals surface area contributed by atoms with Crippen LogP contribution in [0.25, 0.3) is 0 Å². The van der Waals surface area contributed by atoms with Gasteiger partial charge in [0.15, 0.2) is 0 Å². The monoisotopic (exact) mass is 158 g/mol. The summed E-state index contributed by atoms with van der Waals surface area (Å²) in [5.74, 6) is 0. The molecule has 1 fully saturated rings. The van der Waals surface area contributed by atoms with Gasteiger partial charge in [0, 0.05) is 20.0 Å². The highest BCUT2D eigenvalue weighted by atomic mass is 16.6. The van der Waals surface area contributed by atoms with Gasteiger partial charge < -0.3 is 14.3 Å². The lowest BCUT2D eigenvalue weighted by atomic mass is 10.1. The van der Waals surface area contributed by atoms with E-state index >= 15 is 0 Å². The van der Waals surface area contributed by atoms with Crippen molar-refractivity contribution in [3.8, 4) is 0 Å². The van der Waals surface area contributed by atoms with Gasteiger partial charge in [0.2, 0.25) is 0 Å². The molecule has 1 saturated heterocycles. The molecule has 0 N–H and O–H groups in total. The summed E-state index contributed by atoms with van der Waals surface area (Å²) in [6.07, 6.45) is 2.54. The van der Waals surface area contributed by atoms with Gasteiger partial charge in [-0.15, -0.1) is 0 Å². The fourth-order valence-corrected chi connectivity index (χ4v) is 1.47. The fraction of sp³-hybridized carbons (Fsp3) is 0.875. The van der Waals surface area contributed by atoms with Gasteiger partial charge in [-0.2, -0.15) is 0 Å². The van der Waals surface area contributed by atoms with E-state index in [0.717, 1.165) is 12.7 Å². The highest BCUT2D eigenvalue weighted by Crippen LogP contribution is 2.23. The molecule has 0 aromatic carbocycles. The molecule has 1 aliphatic heterocycles. The van der Waals surface area contributed by atoms with E-state index in [4.69, 9.17) is 9.47 Å². The second-order valence-corrected chi connectivity index (χ2v) is 2.90. The van der Waals surface area contributed by atoms with E-state index in [1.807, 2.05) is 6.92 Å². The number of hydrogen-bond acceptors (Lipinski definition) is 3. The zero-order valence-electron chi connectivity index (χ0n) is 6.95. The molecule has 0 aromatic rings. The highest BCUT2D eigenvalue weighted by Gasteiger charge is 2.32. The van der Waals surface area contributed by atoms with Crippen LogP contribution in [0.5, 0.6) is 0 Å². The summed E-state index contributed by atoms with van der Waals surface area (Å²) < 4.78 is 10.6. The van der Waals surface area contributed by atoms with Gasteiger partial charge in [0.25, 0.3) is 0 Å². The third kappa shape index (κ3) is 2.01. The van der Waals surface area contributed by atoms with Crippen molar-refractivity contribution >= 4 is 6.29 Å². The van der Waals surface area contributed by atoms with Crippen molar-refractivity contribution in [1.82, 2.24) is 0 Å². The summed E-state index contributed by atoms with van der Waals surface area (Å²) in [6.45, 7) is 2.00. The molecular weight excluding hydrogens is 144 g/mol. The number of carbonyl (C=O) groups is 1. The van der Waals surface area contributed by atoms with Crippen LogP contribution in [0.2, 0.25) is 0 Å². The first-order valence-electron chi connectivity index (χ1n) is 3.89. The Morgan fingerprint density at radius 2 is 2.45 bits per heavy atom. The molecule has 0 saturated carbocycles. The molecule has 1 unspecified atom stereocenters. The zero-order valence-corrected chi connectivity index (χ0v) is 6.95. The van der Waals surface area contributed by atoms with Crippen molar-refractivity contribution in [2.75, 3.05) is 7.11 Å². The van der Waals surface area contributed by atoms with Crippen LogP contribution in [0.15, 0.2) is 0 Å². The Hall–Kier alpha value is -0.410. The van der Waals surface area contributed by atoms with Crippen molar-refractivity contribution in [2.45, 2.75) is 38.1 Å². The average Bonchev–Trinajstić information content (AvgIpc) is 2.32. The number of ether oxygens (including phenoxy) is 2. The molecule has 11 heavy (non-hydrogen) atoms. The van der Waals surface area contributed by atoms with Gasteiger partial charge in [-0.25, -0.2) is 0 Å². The zero-order chi connectivity index (χ0) is 8.27.